The predicted molar refractivity (Wildman–Crippen MR) is 138 cm³/mol. The van der Waals surface area contributed by atoms with Gasteiger partial charge in [-0.25, -0.2) is 0 Å². The number of rotatable bonds is 5. The predicted octanol–water partition coefficient (Wildman–Crippen LogP) is 8.19. The first-order chi connectivity index (χ1) is 15.6. The summed E-state index contributed by atoms with van der Waals surface area (Å²) in [4.78, 5) is 4.52. The Labute approximate surface area is 211 Å². The topological polar surface area (TPSA) is 32.6 Å². The molecular weight excluding hydrogens is 562 g/mol. The number of phenols is 1. The second-order valence-corrected chi connectivity index (χ2v) is 15.1. The zero-order valence-corrected chi connectivity index (χ0v) is 22.4. The number of aliphatic imine (C=N–C) groups is 1. The van der Waals surface area contributed by atoms with Crippen LogP contribution in [0.1, 0.15) is 29.2 Å². The van der Waals surface area contributed by atoms with Crippen LogP contribution in [0.15, 0.2) is 114 Å². The summed E-state index contributed by atoms with van der Waals surface area (Å²) in [5, 5.41) is 11.2. The summed E-state index contributed by atoms with van der Waals surface area (Å²) in [5.74, 6) is 0.252. The molecule has 0 unspecified atom stereocenters. The second-order valence-electron chi connectivity index (χ2n) is 7.27. The van der Waals surface area contributed by atoms with Crippen molar-refractivity contribution in [1.29, 1.82) is 0 Å². The number of hydrogen-bond acceptors (Lipinski definition) is 2. The Hall–Kier alpha value is -1.98. The van der Waals surface area contributed by atoms with Crippen LogP contribution in [-0.4, -0.2) is 11.3 Å². The fourth-order valence-corrected chi connectivity index (χ4v) is 3.75. The van der Waals surface area contributed by atoms with E-state index in [2.05, 4.69) is 62.5 Å². The zero-order chi connectivity index (χ0) is 22.8. The zero-order valence-electron chi connectivity index (χ0n) is 17.6. The molecule has 0 heterocycles. The van der Waals surface area contributed by atoms with E-state index in [0.717, 1.165) is 22.4 Å². The van der Waals surface area contributed by atoms with Gasteiger partial charge in [0.15, 0.2) is 0 Å². The van der Waals surface area contributed by atoms with Crippen molar-refractivity contribution in [3.05, 3.63) is 131 Å². The van der Waals surface area contributed by atoms with Gasteiger partial charge in [-0.2, -0.15) is 0 Å². The molecule has 4 aromatic carbocycles. The van der Waals surface area contributed by atoms with Crippen LogP contribution >= 0.6 is 26.3 Å². The van der Waals surface area contributed by atoms with E-state index in [1.165, 1.54) is 0 Å². The molecule has 5 heteroatoms. The van der Waals surface area contributed by atoms with Crippen molar-refractivity contribution < 1.29 is 20.1 Å². The van der Waals surface area contributed by atoms with Crippen molar-refractivity contribution in [1.82, 2.24) is 0 Å². The Morgan fingerprint density at radius 1 is 0.719 bits per heavy atom. The van der Waals surface area contributed by atoms with Gasteiger partial charge in [0.2, 0.25) is 0 Å². The molecule has 0 aliphatic carbocycles. The maximum atomic E-state index is 11.2. The van der Waals surface area contributed by atoms with Gasteiger partial charge in [0.1, 0.15) is 5.75 Å². The van der Waals surface area contributed by atoms with Crippen molar-refractivity contribution >= 4 is 38.2 Å². The number of para-hydroxylation sites is 2. The molecule has 1 N–H and O–H groups in total. The number of halogens is 2. The molecule has 0 atom stereocenters. The van der Waals surface area contributed by atoms with Crippen molar-refractivity contribution in [2.45, 2.75) is 12.3 Å². The van der Waals surface area contributed by atoms with E-state index in [1.54, 1.807) is 6.21 Å². The van der Waals surface area contributed by atoms with Crippen molar-refractivity contribution in [2.75, 3.05) is 0 Å². The normalized spacial score (nSPS) is 11.0. The van der Waals surface area contributed by atoms with Crippen LogP contribution in [0.3, 0.4) is 0 Å². The van der Waals surface area contributed by atoms with E-state index < -0.39 is 5.41 Å². The molecule has 4 aromatic rings. The number of benzene rings is 4. The maximum absolute atomic E-state index is 11.2. The van der Waals surface area contributed by atoms with Crippen LogP contribution < -0.4 is 0 Å². The molecule has 0 spiro atoms. The van der Waals surface area contributed by atoms with Gasteiger partial charge in [-0.3, -0.25) is 4.99 Å². The van der Waals surface area contributed by atoms with Gasteiger partial charge in [-0.1, -0.05) is 91.0 Å². The summed E-state index contributed by atoms with van der Waals surface area (Å²) in [6.07, 6.45) is 1.73. The molecule has 2 nitrogen and oxygen atoms in total. The minimum atomic E-state index is -0.497. The first-order valence-electron chi connectivity index (χ1n) is 10.1. The van der Waals surface area contributed by atoms with Crippen LogP contribution in [-0.2, 0) is 20.4 Å². The Morgan fingerprint density at radius 3 is 1.69 bits per heavy atom. The molecular formula is C27H23Br2NOTi. The molecule has 0 saturated carbocycles. The van der Waals surface area contributed by atoms with E-state index in [1.807, 2.05) is 84.9 Å². The first-order valence-corrected chi connectivity index (χ1v) is 17.8. The molecule has 0 aromatic heterocycles. The van der Waals surface area contributed by atoms with E-state index in [9.17, 15) is 5.11 Å². The van der Waals surface area contributed by atoms with Gasteiger partial charge < -0.3 is 5.11 Å². The number of nitrogens with zero attached hydrogens (tertiary/aromatic N) is 1. The van der Waals surface area contributed by atoms with Crippen LogP contribution in [0.5, 0.6) is 5.75 Å². The van der Waals surface area contributed by atoms with Crippen LogP contribution in [0.4, 0.5) is 5.69 Å². The molecule has 4 rings (SSSR count). The summed E-state index contributed by atoms with van der Waals surface area (Å²) in [7, 11) is 0. The summed E-state index contributed by atoms with van der Waals surface area (Å²) in [6, 6.07) is 36.2. The molecule has 0 radical (unpaired) electrons. The summed E-state index contributed by atoms with van der Waals surface area (Å²) in [6.45, 7) is 2.16. The van der Waals surface area contributed by atoms with Gasteiger partial charge in [0.05, 0.1) is 5.69 Å². The van der Waals surface area contributed by atoms with E-state index in [-0.39, 0.29) is 20.7 Å². The average molecular weight is 585 g/mol. The number of aromatic hydroxyl groups is 1. The van der Waals surface area contributed by atoms with Crippen LogP contribution in [0.25, 0.3) is 0 Å². The summed E-state index contributed by atoms with van der Waals surface area (Å²) in [5.41, 5.74) is 4.16. The van der Waals surface area contributed by atoms with Crippen molar-refractivity contribution in [3.63, 3.8) is 0 Å². The van der Waals surface area contributed by atoms with Crippen LogP contribution in [0.2, 0.25) is 0 Å². The molecule has 0 saturated heterocycles. The van der Waals surface area contributed by atoms with Gasteiger partial charge in [-0.15, -0.1) is 0 Å². The van der Waals surface area contributed by atoms with Crippen molar-refractivity contribution in [2.24, 2.45) is 4.99 Å². The molecule has 0 aliphatic heterocycles. The molecule has 0 fully saturated rings. The third kappa shape index (κ3) is 5.87. The number of phenolic OH excluding ortho intramolecular Hbond substituents is 1. The summed E-state index contributed by atoms with van der Waals surface area (Å²) < 4.78 is 0. The Morgan fingerprint density at radius 2 is 1.19 bits per heavy atom. The van der Waals surface area contributed by atoms with Gasteiger partial charge >= 0.3 is 41.3 Å². The van der Waals surface area contributed by atoms with Crippen molar-refractivity contribution in [3.8, 4) is 5.75 Å². The minimum absolute atomic E-state index is 0.125. The molecule has 160 valence electrons. The second kappa shape index (κ2) is 12.3. The monoisotopic (exact) mass is 583 g/mol. The molecule has 0 bridgehead atoms. The SMILES string of the molecule is CC(c1ccccc1)(c1ccccc1)c1cccc(C=Nc2ccccc2)c1O.[Br][Ti][Br]. The molecule has 32 heavy (non-hydrogen) atoms. The fourth-order valence-electron chi connectivity index (χ4n) is 3.75. The van der Waals surface area contributed by atoms with E-state index in [0.29, 0.717) is 5.56 Å². The Bertz CT molecular complexity index is 1100. The fraction of sp³-hybridized carbons (Fsp3) is 0.0741. The van der Waals surface area contributed by atoms with Gasteiger partial charge in [0, 0.05) is 22.8 Å². The molecule has 0 amide bonds. The average Bonchev–Trinajstić information content (AvgIpc) is 2.85. The van der Waals surface area contributed by atoms with Gasteiger partial charge in [0.25, 0.3) is 0 Å². The first kappa shape index (κ1) is 24.7. The van der Waals surface area contributed by atoms with E-state index in [4.69, 9.17) is 0 Å². The van der Waals surface area contributed by atoms with E-state index >= 15 is 0 Å². The quantitative estimate of drug-likeness (QED) is 0.143. The summed E-state index contributed by atoms with van der Waals surface area (Å²) >= 11 is 6.50. The van der Waals surface area contributed by atoms with Crippen LogP contribution in [0, 0.1) is 0 Å². The number of hydrogen-bond donors (Lipinski definition) is 1. The third-order valence-electron chi connectivity index (χ3n) is 5.42. The Balaban J connectivity index is 0.000000913. The Kier molecular flexibility index (Phi) is 9.49. The standard InChI is InChI=1S/C27H23NO.2BrH.Ti/c1-27(22-13-5-2-6-14-22,23-15-7-3-8-16-23)25-19-11-12-21(26(25)29)20-28-24-17-9-4-10-18-24;;;/h2-20,29H,1H3;2*1H;/q;;;+2/p-2. The van der Waals surface area contributed by atoms with Gasteiger partial charge in [-0.05, 0) is 36.2 Å². The molecule has 0 aliphatic rings. The third-order valence-corrected chi connectivity index (χ3v) is 5.42.